The maximum absolute atomic E-state index is 12.2. The topological polar surface area (TPSA) is 78.7 Å². The van der Waals surface area contributed by atoms with Crippen molar-refractivity contribution < 1.29 is 9.59 Å². The van der Waals surface area contributed by atoms with E-state index >= 15 is 0 Å². The molecule has 0 aromatic carbocycles. The van der Waals surface area contributed by atoms with Gasteiger partial charge in [0.25, 0.3) is 0 Å². The van der Waals surface area contributed by atoms with Crippen LogP contribution in [0.4, 0.5) is 0 Å². The van der Waals surface area contributed by atoms with Gasteiger partial charge in [-0.1, -0.05) is 19.9 Å². The van der Waals surface area contributed by atoms with Gasteiger partial charge < -0.3 is 16.0 Å². The van der Waals surface area contributed by atoms with E-state index in [9.17, 15) is 9.59 Å². The number of nitrogens with one attached hydrogen (secondary N) is 1. The van der Waals surface area contributed by atoms with E-state index < -0.39 is 6.04 Å². The summed E-state index contributed by atoms with van der Waals surface area (Å²) in [6.07, 6.45) is 2.37. The second kappa shape index (κ2) is 8.79. The maximum atomic E-state index is 12.2. The van der Waals surface area contributed by atoms with Crippen LogP contribution >= 0.6 is 0 Å². The molecule has 1 saturated heterocycles. The third-order valence-corrected chi connectivity index (χ3v) is 3.54. The first-order chi connectivity index (χ1) is 9.93. The molecule has 0 spiro atoms. The minimum absolute atomic E-state index is 0.00816. The molecule has 1 atom stereocenters. The van der Waals surface area contributed by atoms with Crippen molar-refractivity contribution in [3.8, 4) is 0 Å². The lowest BCUT2D eigenvalue weighted by Crippen LogP contribution is -2.54. The summed E-state index contributed by atoms with van der Waals surface area (Å²) in [6, 6.07) is -0.410. The average Bonchev–Trinajstić information content (AvgIpc) is 2.44. The molecule has 1 aliphatic rings. The number of rotatable bonds is 7. The fraction of sp³-hybridized carbons (Fsp3) is 0.733. The van der Waals surface area contributed by atoms with Crippen LogP contribution in [-0.4, -0.2) is 66.9 Å². The highest BCUT2D eigenvalue weighted by molar-refractivity contribution is 5.82. The molecule has 0 saturated carbocycles. The number of amides is 2. The van der Waals surface area contributed by atoms with Gasteiger partial charge in [0.1, 0.15) is 0 Å². The Hall–Kier alpha value is -1.40. The summed E-state index contributed by atoms with van der Waals surface area (Å²) in [6.45, 7) is 11.2. The second-order valence-electron chi connectivity index (χ2n) is 5.93. The van der Waals surface area contributed by atoms with Gasteiger partial charge in [0, 0.05) is 32.7 Å². The van der Waals surface area contributed by atoms with Crippen LogP contribution in [0.3, 0.4) is 0 Å². The number of nitrogens with zero attached hydrogens (tertiary/aromatic N) is 2. The molecule has 6 heteroatoms. The van der Waals surface area contributed by atoms with E-state index in [0.717, 1.165) is 0 Å². The van der Waals surface area contributed by atoms with Crippen LogP contribution in [0.5, 0.6) is 0 Å². The molecule has 3 N–H and O–H groups in total. The second-order valence-corrected chi connectivity index (χ2v) is 5.93. The minimum atomic E-state index is -0.410. The third-order valence-electron chi connectivity index (χ3n) is 3.54. The number of hydrogen-bond acceptors (Lipinski definition) is 4. The largest absolute Gasteiger partial charge is 0.352 e. The van der Waals surface area contributed by atoms with E-state index in [-0.39, 0.29) is 11.8 Å². The number of carbonyl (C=O) groups is 2. The zero-order chi connectivity index (χ0) is 15.8. The smallest absolute Gasteiger partial charge is 0.239 e. The number of hydrogen-bond donors (Lipinski definition) is 2. The number of piperazine rings is 1. The summed E-state index contributed by atoms with van der Waals surface area (Å²) >= 11 is 0. The predicted molar refractivity (Wildman–Crippen MR) is 83.7 cm³/mol. The van der Waals surface area contributed by atoms with Gasteiger partial charge in [-0.3, -0.25) is 14.5 Å². The van der Waals surface area contributed by atoms with Gasteiger partial charge in [-0.2, -0.15) is 0 Å². The summed E-state index contributed by atoms with van der Waals surface area (Å²) in [4.78, 5) is 27.7. The first-order valence-corrected chi connectivity index (χ1v) is 7.58. The Morgan fingerprint density at radius 1 is 1.29 bits per heavy atom. The Morgan fingerprint density at radius 2 is 1.90 bits per heavy atom. The van der Waals surface area contributed by atoms with Gasteiger partial charge in [0.05, 0.1) is 12.6 Å². The molecule has 1 aliphatic heterocycles. The summed E-state index contributed by atoms with van der Waals surface area (Å²) in [5, 5.41) is 2.75. The Labute approximate surface area is 127 Å². The molecule has 120 valence electrons. The molecule has 0 radical (unpaired) electrons. The highest BCUT2D eigenvalue weighted by Gasteiger charge is 2.26. The van der Waals surface area contributed by atoms with Crippen molar-refractivity contribution in [2.75, 3.05) is 39.3 Å². The van der Waals surface area contributed by atoms with Crippen LogP contribution < -0.4 is 11.1 Å². The first kappa shape index (κ1) is 17.7. The van der Waals surface area contributed by atoms with E-state index in [2.05, 4.69) is 30.6 Å². The standard InChI is InChI=1S/C15H28N4O2/c1-4-5-17-14(20)11-18-6-8-19(9-7-18)15(21)13(16)10-12(2)3/h4,12-13H,1,5-11,16H2,2-3H3,(H,17,20). The number of nitrogens with two attached hydrogens (primary N) is 1. The lowest BCUT2D eigenvalue weighted by molar-refractivity contribution is -0.135. The van der Waals surface area contributed by atoms with E-state index in [0.29, 0.717) is 51.6 Å². The van der Waals surface area contributed by atoms with Gasteiger partial charge in [0.2, 0.25) is 11.8 Å². The van der Waals surface area contributed by atoms with E-state index in [1.54, 1.807) is 6.08 Å². The van der Waals surface area contributed by atoms with Gasteiger partial charge in [-0.05, 0) is 12.3 Å². The first-order valence-electron chi connectivity index (χ1n) is 7.58. The van der Waals surface area contributed by atoms with Crippen LogP contribution in [0.25, 0.3) is 0 Å². The third kappa shape index (κ3) is 6.27. The van der Waals surface area contributed by atoms with Crippen LogP contribution in [0.2, 0.25) is 0 Å². The predicted octanol–water partition coefficient (Wildman–Crippen LogP) is -0.194. The van der Waals surface area contributed by atoms with Crippen molar-refractivity contribution in [2.45, 2.75) is 26.3 Å². The molecule has 6 nitrogen and oxygen atoms in total. The molecule has 1 fully saturated rings. The van der Waals surface area contributed by atoms with Crippen molar-refractivity contribution in [3.63, 3.8) is 0 Å². The quantitative estimate of drug-likeness (QED) is 0.638. The van der Waals surface area contributed by atoms with Crippen LogP contribution in [-0.2, 0) is 9.59 Å². The van der Waals surface area contributed by atoms with Crippen molar-refractivity contribution in [2.24, 2.45) is 11.7 Å². The van der Waals surface area contributed by atoms with Crippen LogP contribution in [0.1, 0.15) is 20.3 Å². The Bertz CT molecular complexity index is 363. The monoisotopic (exact) mass is 296 g/mol. The lowest BCUT2D eigenvalue weighted by Gasteiger charge is -2.35. The summed E-state index contributed by atoms with van der Waals surface area (Å²) < 4.78 is 0. The zero-order valence-electron chi connectivity index (χ0n) is 13.2. The summed E-state index contributed by atoms with van der Waals surface area (Å²) in [7, 11) is 0. The van der Waals surface area contributed by atoms with Crippen LogP contribution in [0.15, 0.2) is 12.7 Å². The van der Waals surface area contributed by atoms with E-state index in [1.807, 2.05) is 4.90 Å². The molecule has 2 amide bonds. The molecule has 1 unspecified atom stereocenters. The lowest BCUT2D eigenvalue weighted by atomic mass is 10.0. The molecule has 1 rings (SSSR count). The fourth-order valence-electron chi connectivity index (χ4n) is 2.41. The fourth-order valence-corrected chi connectivity index (χ4v) is 2.41. The minimum Gasteiger partial charge on any atom is -0.352 e. The maximum Gasteiger partial charge on any atom is 0.239 e. The van der Waals surface area contributed by atoms with Crippen molar-refractivity contribution in [1.82, 2.24) is 15.1 Å². The van der Waals surface area contributed by atoms with Gasteiger partial charge in [-0.15, -0.1) is 6.58 Å². The Kier molecular flexibility index (Phi) is 7.39. The molecular weight excluding hydrogens is 268 g/mol. The van der Waals surface area contributed by atoms with Crippen molar-refractivity contribution in [1.29, 1.82) is 0 Å². The van der Waals surface area contributed by atoms with E-state index in [1.165, 1.54) is 0 Å². The van der Waals surface area contributed by atoms with Crippen molar-refractivity contribution in [3.05, 3.63) is 12.7 Å². The molecule has 0 bridgehead atoms. The highest BCUT2D eigenvalue weighted by Crippen LogP contribution is 2.08. The zero-order valence-corrected chi connectivity index (χ0v) is 13.2. The van der Waals surface area contributed by atoms with Gasteiger partial charge in [0.15, 0.2) is 0 Å². The van der Waals surface area contributed by atoms with E-state index in [4.69, 9.17) is 5.73 Å². The van der Waals surface area contributed by atoms with Gasteiger partial charge >= 0.3 is 0 Å². The molecule has 1 heterocycles. The molecule has 0 aromatic heterocycles. The molecule has 0 aliphatic carbocycles. The SMILES string of the molecule is C=CCNC(=O)CN1CCN(C(=O)C(N)CC(C)C)CC1. The average molecular weight is 296 g/mol. The molecule has 0 aromatic rings. The van der Waals surface area contributed by atoms with Gasteiger partial charge in [-0.25, -0.2) is 0 Å². The molecular formula is C15H28N4O2. The highest BCUT2D eigenvalue weighted by atomic mass is 16.2. The summed E-state index contributed by atoms with van der Waals surface area (Å²) in [5.74, 6) is 0.435. The Balaban J connectivity index is 2.33. The normalized spacial score (nSPS) is 17.6. The number of carbonyl (C=O) groups excluding carboxylic acids is 2. The summed E-state index contributed by atoms with van der Waals surface area (Å²) in [5.41, 5.74) is 5.94. The van der Waals surface area contributed by atoms with Crippen molar-refractivity contribution >= 4 is 11.8 Å². The molecule has 21 heavy (non-hydrogen) atoms. The Morgan fingerprint density at radius 3 is 2.43 bits per heavy atom. The van der Waals surface area contributed by atoms with Crippen LogP contribution in [0, 0.1) is 5.92 Å².